The van der Waals surface area contributed by atoms with E-state index in [1.807, 2.05) is 30.3 Å². The van der Waals surface area contributed by atoms with Crippen LogP contribution in [-0.4, -0.2) is 35.2 Å². The average molecular weight is 393 g/mol. The van der Waals surface area contributed by atoms with Crippen molar-refractivity contribution >= 4 is 40.3 Å². The zero-order valence-corrected chi connectivity index (χ0v) is 15.9. The molecule has 0 saturated heterocycles. The van der Waals surface area contributed by atoms with Gasteiger partial charge in [-0.3, -0.25) is 14.4 Å². The lowest BCUT2D eigenvalue weighted by Crippen LogP contribution is -2.42. The zero-order valence-electron chi connectivity index (χ0n) is 15.1. The number of aliphatic imine (C=N–C) groups is 1. The molecule has 2 aromatic rings. The molecule has 0 radical (unpaired) electrons. The molecular weight excluding hydrogens is 374 g/mol. The van der Waals surface area contributed by atoms with Gasteiger partial charge in [0.1, 0.15) is 5.92 Å². The van der Waals surface area contributed by atoms with Gasteiger partial charge in [-0.25, -0.2) is 0 Å². The van der Waals surface area contributed by atoms with Crippen LogP contribution in [0.3, 0.4) is 0 Å². The van der Waals surface area contributed by atoms with Gasteiger partial charge in [0.15, 0.2) is 5.17 Å². The highest BCUT2D eigenvalue weighted by Gasteiger charge is 2.33. The van der Waals surface area contributed by atoms with E-state index in [1.165, 1.54) is 0 Å². The van der Waals surface area contributed by atoms with Gasteiger partial charge in [-0.2, -0.15) is 4.99 Å². The first-order valence-corrected chi connectivity index (χ1v) is 10.1. The van der Waals surface area contributed by atoms with E-state index in [0.717, 1.165) is 35.9 Å². The average Bonchev–Trinajstić information content (AvgIpc) is 2.72. The van der Waals surface area contributed by atoms with Crippen molar-refractivity contribution in [3.8, 4) is 0 Å². The van der Waals surface area contributed by atoms with Gasteiger partial charge < -0.3 is 10.2 Å². The number of amides is 3. The Hall–Kier alpha value is -2.93. The van der Waals surface area contributed by atoms with Crippen LogP contribution in [0.2, 0.25) is 0 Å². The number of hydrogen-bond acceptors (Lipinski definition) is 4. The summed E-state index contributed by atoms with van der Waals surface area (Å²) >= 11 is 1.08. The Balaban J connectivity index is 1.43. The maximum Gasteiger partial charge on any atom is 0.265 e. The lowest BCUT2D eigenvalue weighted by molar-refractivity contribution is -0.129. The summed E-state index contributed by atoms with van der Waals surface area (Å²) in [5.74, 6) is -1.81. The molecule has 7 heteroatoms. The highest BCUT2D eigenvalue weighted by atomic mass is 32.2. The molecule has 2 aliphatic heterocycles. The smallest absolute Gasteiger partial charge is 0.265 e. The van der Waals surface area contributed by atoms with Crippen LogP contribution in [0.25, 0.3) is 0 Å². The Bertz CT molecular complexity index is 958. The Morgan fingerprint density at radius 1 is 1.11 bits per heavy atom. The third-order valence-electron chi connectivity index (χ3n) is 4.83. The van der Waals surface area contributed by atoms with Crippen molar-refractivity contribution in [2.24, 2.45) is 4.99 Å². The summed E-state index contributed by atoms with van der Waals surface area (Å²) in [4.78, 5) is 43.2. The van der Waals surface area contributed by atoms with Crippen LogP contribution in [0.4, 0.5) is 5.69 Å². The molecule has 0 fully saturated rings. The van der Waals surface area contributed by atoms with Gasteiger partial charge in [-0.05, 0) is 30.0 Å². The normalized spacial score (nSPS) is 18.9. The number of fused-ring (bicyclic) bond motifs is 1. The molecule has 2 heterocycles. The zero-order chi connectivity index (χ0) is 19.5. The summed E-state index contributed by atoms with van der Waals surface area (Å²) in [5.41, 5.74) is 2.71. The predicted octanol–water partition coefficient (Wildman–Crippen LogP) is 2.50. The number of anilines is 1. The van der Waals surface area contributed by atoms with Crippen molar-refractivity contribution in [2.45, 2.75) is 18.8 Å². The molecule has 4 rings (SSSR count). The van der Waals surface area contributed by atoms with Gasteiger partial charge >= 0.3 is 0 Å². The molecule has 0 saturated carbocycles. The van der Waals surface area contributed by atoms with Crippen molar-refractivity contribution < 1.29 is 14.4 Å². The topological polar surface area (TPSA) is 78.8 Å². The number of thioether (sulfide) groups is 1. The molecule has 0 bridgehead atoms. The quantitative estimate of drug-likeness (QED) is 0.813. The van der Waals surface area contributed by atoms with Crippen molar-refractivity contribution in [3.63, 3.8) is 0 Å². The largest absolute Gasteiger partial charge is 0.311 e. The lowest BCUT2D eigenvalue weighted by Gasteiger charge is -2.29. The Morgan fingerprint density at radius 2 is 1.86 bits per heavy atom. The van der Waals surface area contributed by atoms with Crippen molar-refractivity contribution in [1.82, 2.24) is 5.32 Å². The number of carbonyl (C=O) groups is 3. The molecule has 0 spiro atoms. The molecule has 2 aliphatic rings. The van der Waals surface area contributed by atoms with Gasteiger partial charge in [0.25, 0.3) is 5.91 Å². The first-order valence-electron chi connectivity index (χ1n) is 9.13. The van der Waals surface area contributed by atoms with E-state index in [2.05, 4.69) is 10.3 Å². The number of hydrogen-bond donors (Lipinski definition) is 1. The Kier molecular flexibility index (Phi) is 5.25. The fraction of sp³-hybridized carbons (Fsp3) is 0.238. The number of amidine groups is 1. The minimum atomic E-state index is -0.935. The van der Waals surface area contributed by atoms with Crippen molar-refractivity contribution in [3.05, 3.63) is 65.7 Å². The molecule has 28 heavy (non-hydrogen) atoms. The summed E-state index contributed by atoms with van der Waals surface area (Å²) in [5, 5.41) is 2.84. The van der Waals surface area contributed by atoms with E-state index in [-0.39, 0.29) is 16.8 Å². The van der Waals surface area contributed by atoms with Crippen LogP contribution in [0.5, 0.6) is 0 Å². The molecule has 3 amide bonds. The standard InChI is InChI=1S/C21H19N3O3S/c25-17(24-12-6-10-14-7-4-5-11-16(14)24)13-28-21-22-19(26)18(20(27)23-21)15-8-2-1-3-9-15/h1-5,7-9,11,18H,6,10,12-13H2,(H,22,23,26,27). The Labute approximate surface area is 167 Å². The van der Waals surface area contributed by atoms with Gasteiger partial charge in [0.05, 0.1) is 5.75 Å². The first kappa shape index (κ1) is 18.4. The number of nitrogens with one attached hydrogen (secondary N) is 1. The predicted molar refractivity (Wildman–Crippen MR) is 109 cm³/mol. The molecule has 0 aromatic heterocycles. The Morgan fingerprint density at radius 3 is 2.64 bits per heavy atom. The molecular formula is C21H19N3O3S. The second kappa shape index (κ2) is 7.98. The minimum Gasteiger partial charge on any atom is -0.311 e. The van der Waals surface area contributed by atoms with Crippen LogP contribution in [0, 0.1) is 0 Å². The summed E-state index contributed by atoms with van der Waals surface area (Å²) in [7, 11) is 0. The lowest BCUT2D eigenvalue weighted by atomic mass is 9.97. The fourth-order valence-electron chi connectivity index (χ4n) is 3.49. The summed E-state index contributed by atoms with van der Waals surface area (Å²) in [6.07, 6.45) is 1.88. The highest BCUT2D eigenvalue weighted by molar-refractivity contribution is 8.14. The van der Waals surface area contributed by atoms with Crippen LogP contribution in [0.15, 0.2) is 59.6 Å². The fourth-order valence-corrected chi connectivity index (χ4v) is 4.23. The summed E-state index contributed by atoms with van der Waals surface area (Å²) in [6.45, 7) is 0.671. The number of rotatable bonds is 3. The SMILES string of the molecule is O=C1N=C(SCC(=O)N2CCCc3ccccc32)NC(=O)[C@@H]1c1ccccc1. The monoisotopic (exact) mass is 393 g/mol. The molecule has 1 atom stereocenters. The second-order valence-corrected chi connectivity index (χ2v) is 7.62. The third-order valence-corrected chi connectivity index (χ3v) is 5.69. The summed E-state index contributed by atoms with van der Waals surface area (Å²) < 4.78 is 0. The minimum absolute atomic E-state index is 0.0632. The van der Waals surface area contributed by atoms with E-state index < -0.39 is 17.7 Å². The second-order valence-electron chi connectivity index (χ2n) is 6.65. The summed E-state index contributed by atoms with van der Waals surface area (Å²) in [6, 6.07) is 16.7. The van der Waals surface area contributed by atoms with Gasteiger partial charge in [-0.15, -0.1) is 0 Å². The molecule has 0 unspecified atom stereocenters. The first-order chi connectivity index (χ1) is 13.6. The third kappa shape index (κ3) is 3.71. The molecule has 6 nitrogen and oxygen atoms in total. The van der Waals surface area contributed by atoms with E-state index >= 15 is 0 Å². The number of nitrogens with zero attached hydrogens (tertiary/aromatic N) is 2. The maximum atomic E-state index is 12.7. The highest BCUT2D eigenvalue weighted by Crippen LogP contribution is 2.28. The molecule has 142 valence electrons. The van der Waals surface area contributed by atoms with E-state index in [9.17, 15) is 14.4 Å². The van der Waals surface area contributed by atoms with Crippen LogP contribution >= 0.6 is 11.8 Å². The van der Waals surface area contributed by atoms with Gasteiger partial charge in [-0.1, -0.05) is 60.3 Å². The molecule has 1 N–H and O–H groups in total. The van der Waals surface area contributed by atoms with E-state index in [1.54, 1.807) is 29.2 Å². The number of benzene rings is 2. The van der Waals surface area contributed by atoms with Crippen LogP contribution in [0.1, 0.15) is 23.5 Å². The maximum absolute atomic E-state index is 12.7. The molecule has 0 aliphatic carbocycles. The van der Waals surface area contributed by atoms with Crippen LogP contribution in [-0.2, 0) is 20.8 Å². The molecule has 2 aromatic carbocycles. The van der Waals surface area contributed by atoms with Gasteiger partial charge in [0, 0.05) is 12.2 Å². The number of carbonyl (C=O) groups excluding carboxylic acids is 3. The van der Waals surface area contributed by atoms with Crippen LogP contribution < -0.4 is 10.2 Å². The number of aryl methyl sites for hydroxylation is 1. The van der Waals surface area contributed by atoms with E-state index in [4.69, 9.17) is 0 Å². The van der Waals surface area contributed by atoms with Gasteiger partial charge in [0.2, 0.25) is 11.8 Å². The number of para-hydroxylation sites is 1. The van der Waals surface area contributed by atoms with Crippen molar-refractivity contribution in [1.29, 1.82) is 0 Å². The van der Waals surface area contributed by atoms with Crippen molar-refractivity contribution in [2.75, 3.05) is 17.2 Å². The van der Waals surface area contributed by atoms with E-state index in [0.29, 0.717) is 12.1 Å².